The second kappa shape index (κ2) is 35.3. The van der Waals surface area contributed by atoms with Gasteiger partial charge < -0.3 is 18.3 Å². The van der Waals surface area contributed by atoms with Gasteiger partial charge in [-0.25, -0.2) is 19.9 Å². The van der Waals surface area contributed by atoms with Crippen LogP contribution in [-0.2, 0) is 43.9 Å². The molecule has 4 aliphatic rings. The van der Waals surface area contributed by atoms with Gasteiger partial charge in [0.25, 0.3) is 0 Å². The van der Waals surface area contributed by atoms with Gasteiger partial charge in [0.05, 0.1) is 72.2 Å². The van der Waals surface area contributed by atoms with Crippen LogP contribution in [0.3, 0.4) is 0 Å². The first-order valence-corrected chi connectivity index (χ1v) is 54.1. The molecule has 6 aromatic heterocycles. The van der Waals surface area contributed by atoms with Crippen molar-refractivity contribution in [3.8, 4) is 77.0 Å². The normalized spacial score (nSPS) is 16.5. The summed E-state index contributed by atoms with van der Waals surface area (Å²) in [6.45, 7) is 8.49. The summed E-state index contributed by atoms with van der Waals surface area (Å²) in [6.07, 6.45) is 10.9. The van der Waals surface area contributed by atoms with E-state index in [1.165, 1.54) is 20.9 Å². The zero-order chi connectivity index (χ0) is 92.7. The van der Waals surface area contributed by atoms with Crippen molar-refractivity contribution in [3.63, 3.8) is 0 Å². The van der Waals surface area contributed by atoms with Crippen molar-refractivity contribution < 1.29 is 18.3 Å². The Hall–Kier alpha value is -15.1. The van der Waals surface area contributed by atoms with Gasteiger partial charge in [-0.2, -0.15) is 0 Å². The summed E-state index contributed by atoms with van der Waals surface area (Å²) in [4.78, 5) is 26.6. The zero-order valence-corrected chi connectivity index (χ0v) is 80.1. The predicted octanol–water partition coefficient (Wildman–Crippen LogP) is 24.1. The molecular formula is C119H91N9O4P4S. The molecule has 0 saturated heterocycles. The van der Waals surface area contributed by atoms with Gasteiger partial charge in [-0.15, -0.1) is 11.3 Å². The highest BCUT2D eigenvalue weighted by atomic mass is 32.1. The zero-order valence-electron chi connectivity index (χ0n) is 75.7. The van der Waals surface area contributed by atoms with Gasteiger partial charge in [0.2, 0.25) is 0 Å². The number of thiophene rings is 1. The number of fused-ring (bicyclic) bond motifs is 8. The summed E-state index contributed by atoms with van der Waals surface area (Å²) in [6, 6.07) is 137. The van der Waals surface area contributed by atoms with Gasteiger partial charge >= 0.3 is 0 Å². The quantitative estimate of drug-likeness (QED) is 0.0721. The van der Waals surface area contributed by atoms with Crippen molar-refractivity contribution in [3.05, 3.63) is 453 Å². The van der Waals surface area contributed by atoms with Crippen molar-refractivity contribution in [2.24, 2.45) is 0 Å². The Kier molecular flexibility index (Phi) is 22.2. The number of hydrogen-bond donors (Lipinski definition) is 0. The van der Waals surface area contributed by atoms with Crippen LogP contribution < -0.4 is 63.7 Å². The van der Waals surface area contributed by atoms with E-state index in [2.05, 4.69) is 221 Å². The second-order valence-corrected chi connectivity index (χ2v) is 46.4. The minimum atomic E-state index is -3.15. The molecule has 0 radical (unpaired) electrons. The standard InChI is InChI=1S/C37H27N2OPS.C29H23N2OP.C27H21N2OP.C26H20N3OP/c1-2-36-38-30-23-28(25-17-19-27(20-18-25)35-22-21-34(42-35)26-11-5-3-6-12-26)24-33-37(30)39(36)31-15-9-10-16-32(31)41(33,40)29-13-7-4-8-14-29;1-2-27-30-24-20-19-22(18-17-21-11-5-3-6-12-21)29-28(24)31(27)25-15-9-10-16-26(25)33(29,32)23-13-7-4-8-14-23;1-2-26-28-22-17-20(19-11-5-3-6-12-19)18-25-27(22)29(26)23-15-9-10-16-24(23)31(25,30)21-13-7-4-8-14-21;1-2-25-28-21-16-19(18-12-14-27-15-13-18)17-24-26(21)29(25)22-10-6-7-11-23(22)31(24,30)20-8-4-3-5-9-20/h3-24H,2H2,1H3;3-20H,2H2,1H3;3-18H,2H2,1H3;3-17H,2H2,1H3/b;18-17+;;. The summed E-state index contributed by atoms with van der Waals surface area (Å²) in [5.74, 6) is 3.95. The van der Waals surface area contributed by atoms with E-state index >= 15 is 18.3 Å². The Balaban J connectivity index is 0.000000103. The third-order valence-electron chi connectivity index (χ3n) is 26.8. The molecule has 0 saturated carbocycles. The minimum Gasteiger partial charge on any atom is -0.308 e. The van der Waals surface area contributed by atoms with E-state index in [1.807, 2.05) is 249 Å². The smallest absolute Gasteiger partial charge is 0.175 e. The average Bonchev–Trinajstić information content (AvgIpc) is 1.61. The highest BCUT2D eigenvalue weighted by Gasteiger charge is 2.46. The molecule has 16 aromatic carbocycles. The maximum Gasteiger partial charge on any atom is 0.175 e. The Morgan fingerprint density at radius 1 is 0.248 bits per heavy atom. The molecule has 13 nitrogen and oxygen atoms in total. The number of para-hydroxylation sites is 4. The summed E-state index contributed by atoms with van der Waals surface area (Å²) < 4.78 is 69.9. The summed E-state index contributed by atoms with van der Waals surface area (Å²) >= 11 is 1.80. The van der Waals surface area contributed by atoms with Gasteiger partial charge in [-0.05, 0) is 171 Å². The highest BCUT2D eigenvalue weighted by Crippen LogP contribution is 2.56. The summed E-state index contributed by atoms with van der Waals surface area (Å²) in [5, 5.41) is 10.4. The third kappa shape index (κ3) is 14.3. The van der Waals surface area contributed by atoms with Gasteiger partial charge in [-0.3, -0.25) is 23.3 Å². The van der Waals surface area contributed by atoms with Crippen LogP contribution >= 0.6 is 39.9 Å². The maximum atomic E-state index is 15.5. The molecule has 0 bridgehead atoms. The lowest BCUT2D eigenvalue weighted by molar-refractivity contribution is 0.591. The number of hydrogen-bond acceptors (Lipinski definition) is 10. The molecule has 18 heteroatoms. The van der Waals surface area contributed by atoms with Crippen LogP contribution in [0.2, 0.25) is 0 Å². The molecule has 0 amide bonds. The average molecular weight is 1870 g/mol. The summed E-state index contributed by atoms with van der Waals surface area (Å²) in [7, 11) is -12.4. The van der Waals surface area contributed by atoms with Gasteiger partial charge in [0.15, 0.2) is 28.6 Å². The minimum absolute atomic E-state index is 0.786. The SMILES string of the molecule is CCc1nc2cc(-c3ccc(-c4ccc(-c5ccccc5)s4)cc3)cc3c2n1-c1ccccc1P3(=O)c1ccccc1.CCc1nc2cc(-c3ccccc3)cc3c2n1-c1ccccc1P3(=O)c1ccccc1.CCc1nc2cc(-c3ccncc3)cc3c2n1-c1ccccc1P3(=O)c1ccccc1.CCc1nc2ccc(/C=C/c3ccccc3)c3c2n1-c1ccccc1P3(=O)c1ccccc1. The lowest BCUT2D eigenvalue weighted by Crippen LogP contribution is -2.34. The van der Waals surface area contributed by atoms with E-state index in [9.17, 15) is 0 Å². The van der Waals surface area contributed by atoms with Crippen LogP contribution in [0.1, 0.15) is 62.1 Å². The van der Waals surface area contributed by atoms with Crippen LogP contribution in [-0.4, -0.2) is 43.2 Å². The Bertz CT molecular complexity index is 8470. The van der Waals surface area contributed by atoms with E-state index < -0.39 is 28.6 Å². The van der Waals surface area contributed by atoms with Crippen molar-refractivity contribution >= 4 is 160 Å². The van der Waals surface area contributed by atoms with E-state index in [0.717, 1.165) is 224 Å². The second-order valence-electron chi connectivity index (χ2n) is 34.5. The first-order chi connectivity index (χ1) is 67.3. The Morgan fingerprint density at radius 2 is 0.540 bits per heavy atom. The molecule has 0 fully saturated rings. The molecule has 10 heterocycles. The third-order valence-corrected chi connectivity index (χ3v) is 40.4. The number of rotatable bonds is 15. The Labute approximate surface area is 799 Å². The van der Waals surface area contributed by atoms with Crippen molar-refractivity contribution in [2.45, 2.75) is 53.4 Å². The fraction of sp³-hybridized carbons (Fsp3) is 0.0672. The van der Waals surface area contributed by atoms with E-state index in [1.54, 1.807) is 23.7 Å². The number of imidazole rings is 4. The number of nitrogens with zero attached hydrogens (tertiary/aromatic N) is 9. The highest BCUT2D eigenvalue weighted by molar-refractivity contribution is 7.87. The topological polar surface area (TPSA) is 152 Å². The van der Waals surface area contributed by atoms with Crippen LogP contribution in [0.4, 0.5) is 0 Å². The van der Waals surface area contributed by atoms with E-state index in [4.69, 9.17) is 19.9 Å². The van der Waals surface area contributed by atoms with E-state index in [-0.39, 0.29) is 0 Å². The van der Waals surface area contributed by atoms with E-state index in [0.29, 0.717) is 0 Å². The van der Waals surface area contributed by atoms with Gasteiger partial charge in [0.1, 0.15) is 23.3 Å². The molecule has 0 spiro atoms. The molecule has 0 N–H and O–H groups in total. The van der Waals surface area contributed by atoms with Crippen LogP contribution in [0.5, 0.6) is 0 Å². The number of aromatic nitrogens is 9. The molecule has 0 aliphatic carbocycles. The van der Waals surface area contributed by atoms with Crippen molar-refractivity contribution in [1.29, 1.82) is 0 Å². The molecule has 662 valence electrons. The molecule has 22 aromatic rings. The lowest BCUT2D eigenvalue weighted by Gasteiger charge is -2.30. The molecule has 4 atom stereocenters. The first kappa shape index (κ1) is 86.1. The predicted molar refractivity (Wildman–Crippen MR) is 572 cm³/mol. The van der Waals surface area contributed by atoms with Gasteiger partial charge in [-0.1, -0.05) is 331 Å². The molecule has 137 heavy (non-hydrogen) atoms. The Morgan fingerprint density at radius 3 is 0.920 bits per heavy atom. The largest absolute Gasteiger partial charge is 0.308 e. The van der Waals surface area contributed by atoms with Gasteiger partial charge in [0, 0.05) is 106 Å². The number of benzene rings is 16. The monoisotopic (exact) mass is 1870 g/mol. The molecule has 4 aliphatic heterocycles. The molecular weight excluding hydrogens is 1780 g/mol. The summed E-state index contributed by atoms with van der Waals surface area (Å²) in [5.41, 5.74) is 22.1. The van der Waals surface area contributed by atoms with Crippen molar-refractivity contribution in [1.82, 2.24) is 43.2 Å². The molecule has 4 unspecified atom stereocenters. The number of pyridine rings is 1. The fourth-order valence-electron chi connectivity index (χ4n) is 20.4. The molecule has 26 rings (SSSR count). The van der Waals surface area contributed by atoms with Crippen LogP contribution in [0.15, 0.2) is 419 Å². The maximum absolute atomic E-state index is 15.5. The van der Waals surface area contributed by atoms with Crippen LogP contribution in [0, 0.1) is 0 Å². The number of aryl methyl sites for hydroxylation is 4. The first-order valence-electron chi connectivity index (χ1n) is 46.5. The van der Waals surface area contributed by atoms with Crippen molar-refractivity contribution in [2.75, 3.05) is 0 Å². The van der Waals surface area contributed by atoms with Crippen LogP contribution in [0.25, 0.3) is 133 Å². The lowest BCUT2D eigenvalue weighted by atomic mass is 10.0. The fourth-order valence-corrected chi connectivity index (χ4v) is 33.7.